The number of benzene rings is 1. The van der Waals surface area contributed by atoms with Crippen LogP contribution in [-0.4, -0.2) is 12.4 Å². The molecule has 1 aromatic rings. The molecule has 1 aliphatic heterocycles. The van der Waals surface area contributed by atoms with Crippen LogP contribution in [0.2, 0.25) is 0 Å². The summed E-state index contributed by atoms with van der Waals surface area (Å²) in [5.74, 6) is 0.0715. The predicted octanol–water partition coefficient (Wildman–Crippen LogP) is 3.89. The first kappa shape index (κ1) is 13.5. The van der Waals surface area contributed by atoms with Crippen LogP contribution in [-0.2, 0) is 15.7 Å². The number of alkyl halides is 3. The summed E-state index contributed by atoms with van der Waals surface area (Å²) in [6.45, 7) is 0.322. The van der Waals surface area contributed by atoms with Crippen molar-refractivity contribution >= 4 is 21.7 Å². The number of hydrogen-bond acceptors (Lipinski definition) is 2. The topological polar surface area (TPSA) is 26.3 Å². The van der Waals surface area contributed by atoms with E-state index < -0.39 is 17.8 Å². The molecule has 6 heteroatoms. The minimum Gasteiger partial charge on any atom is -0.373 e. The third-order valence-corrected chi connectivity index (χ3v) is 3.44. The SMILES string of the molecule is O=C1CCOC(c2ccc(C(F)(F)F)c(Br)c2)C1. The molecule has 2 rings (SSSR count). The molecule has 1 saturated heterocycles. The summed E-state index contributed by atoms with van der Waals surface area (Å²) in [5, 5.41) is 0. The van der Waals surface area contributed by atoms with Crippen molar-refractivity contribution < 1.29 is 22.7 Å². The molecule has 1 fully saturated rings. The average molecular weight is 323 g/mol. The Morgan fingerprint density at radius 2 is 2.06 bits per heavy atom. The first-order valence-electron chi connectivity index (χ1n) is 5.38. The van der Waals surface area contributed by atoms with Gasteiger partial charge in [0.25, 0.3) is 0 Å². The monoisotopic (exact) mass is 322 g/mol. The lowest BCUT2D eigenvalue weighted by atomic mass is 9.99. The number of carbonyl (C=O) groups is 1. The van der Waals surface area contributed by atoms with Crippen LogP contribution in [0.4, 0.5) is 13.2 Å². The minimum atomic E-state index is -4.39. The number of ether oxygens (including phenoxy) is 1. The molecule has 1 aromatic carbocycles. The van der Waals surface area contributed by atoms with E-state index in [4.69, 9.17) is 4.74 Å². The molecule has 1 aliphatic rings. The van der Waals surface area contributed by atoms with E-state index in [2.05, 4.69) is 15.9 Å². The maximum absolute atomic E-state index is 12.6. The summed E-state index contributed by atoms with van der Waals surface area (Å²) in [7, 11) is 0. The first-order valence-corrected chi connectivity index (χ1v) is 6.17. The highest BCUT2D eigenvalue weighted by Gasteiger charge is 2.33. The highest BCUT2D eigenvalue weighted by Crippen LogP contribution is 2.37. The van der Waals surface area contributed by atoms with Crippen LogP contribution >= 0.6 is 15.9 Å². The van der Waals surface area contributed by atoms with Gasteiger partial charge in [0.2, 0.25) is 0 Å². The highest BCUT2D eigenvalue weighted by molar-refractivity contribution is 9.10. The Hall–Kier alpha value is -0.880. The van der Waals surface area contributed by atoms with Crippen molar-refractivity contribution in [2.75, 3.05) is 6.61 Å². The Balaban J connectivity index is 2.26. The average Bonchev–Trinajstić information content (AvgIpc) is 2.27. The molecule has 0 bridgehead atoms. The molecular formula is C12H10BrF3O2. The van der Waals surface area contributed by atoms with Crippen LogP contribution in [0.1, 0.15) is 30.1 Å². The third-order valence-electron chi connectivity index (χ3n) is 2.78. The molecule has 1 unspecified atom stereocenters. The Morgan fingerprint density at radius 1 is 1.33 bits per heavy atom. The van der Waals surface area contributed by atoms with E-state index in [0.717, 1.165) is 6.07 Å². The summed E-state index contributed by atoms with van der Waals surface area (Å²) >= 11 is 2.90. The highest BCUT2D eigenvalue weighted by atomic mass is 79.9. The molecule has 0 radical (unpaired) electrons. The normalized spacial score (nSPS) is 21.1. The number of rotatable bonds is 1. The molecule has 1 heterocycles. The lowest BCUT2D eigenvalue weighted by Gasteiger charge is -2.23. The summed E-state index contributed by atoms with van der Waals surface area (Å²) < 4.78 is 43.1. The molecule has 18 heavy (non-hydrogen) atoms. The van der Waals surface area contributed by atoms with Crippen molar-refractivity contribution in [1.82, 2.24) is 0 Å². The van der Waals surface area contributed by atoms with Crippen molar-refractivity contribution in [1.29, 1.82) is 0 Å². The first-order chi connectivity index (χ1) is 8.38. The van der Waals surface area contributed by atoms with Crippen LogP contribution in [0.15, 0.2) is 22.7 Å². The second-order valence-corrected chi connectivity index (χ2v) is 4.94. The lowest BCUT2D eigenvalue weighted by molar-refractivity contribution is -0.138. The van der Waals surface area contributed by atoms with Gasteiger partial charge < -0.3 is 4.74 Å². The van der Waals surface area contributed by atoms with Gasteiger partial charge in [0.05, 0.1) is 18.3 Å². The third kappa shape index (κ3) is 2.92. The quantitative estimate of drug-likeness (QED) is 0.784. The van der Waals surface area contributed by atoms with Gasteiger partial charge in [0.15, 0.2) is 0 Å². The summed E-state index contributed by atoms with van der Waals surface area (Å²) in [6.07, 6.45) is -4.23. The van der Waals surface area contributed by atoms with Crippen molar-refractivity contribution in [3.63, 3.8) is 0 Å². The molecule has 98 valence electrons. The molecule has 0 N–H and O–H groups in total. The van der Waals surface area contributed by atoms with E-state index >= 15 is 0 Å². The second kappa shape index (κ2) is 5.01. The van der Waals surface area contributed by atoms with Gasteiger partial charge in [-0.25, -0.2) is 0 Å². The molecule has 2 nitrogen and oxygen atoms in total. The van der Waals surface area contributed by atoms with Crippen LogP contribution in [0, 0.1) is 0 Å². The van der Waals surface area contributed by atoms with Crippen LogP contribution in [0.25, 0.3) is 0 Å². The van der Waals surface area contributed by atoms with Crippen molar-refractivity contribution in [3.05, 3.63) is 33.8 Å². The van der Waals surface area contributed by atoms with E-state index in [1.54, 1.807) is 0 Å². The summed E-state index contributed by atoms with van der Waals surface area (Å²) in [6, 6.07) is 3.73. The van der Waals surface area contributed by atoms with E-state index in [1.165, 1.54) is 12.1 Å². The van der Waals surface area contributed by atoms with Crippen molar-refractivity contribution in [2.45, 2.75) is 25.1 Å². The van der Waals surface area contributed by atoms with Gasteiger partial charge >= 0.3 is 6.18 Å². The van der Waals surface area contributed by atoms with Gasteiger partial charge in [-0.15, -0.1) is 0 Å². The van der Waals surface area contributed by atoms with Gasteiger partial charge in [0.1, 0.15) is 5.78 Å². The number of Topliss-reactive ketones (excluding diaryl/α,β-unsaturated/α-hetero) is 1. The Labute approximate surface area is 110 Å². The van der Waals surface area contributed by atoms with Crippen LogP contribution in [0.5, 0.6) is 0 Å². The van der Waals surface area contributed by atoms with Crippen molar-refractivity contribution in [3.8, 4) is 0 Å². The van der Waals surface area contributed by atoms with Gasteiger partial charge in [0, 0.05) is 17.3 Å². The Morgan fingerprint density at radius 3 is 2.61 bits per heavy atom. The minimum absolute atomic E-state index is 0.0332. The maximum atomic E-state index is 12.6. The molecule has 0 aliphatic carbocycles. The molecule has 1 atom stereocenters. The molecule has 0 amide bonds. The number of hydrogen-bond donors (Lipinski definition) is 0. The van der Waals surface area contributed by atoms with Gasteiger partial charge in [-0.05, 0) is 17.7 Å². The Kier molecular flexibility index (Phi) is 3.77. The zero-order valence-corrected chi connectivity index (χ0v) is 10.8. The number of ketones is 1. The second-order valence-electron chi connectivity index (χ2n) is 4.09. The smallest absolute Gasteiger partial charge is 0.373 e. The van der Waals surface area contributed by atoms with Crippen molar-refractivity contribution in [2.24, 2.45) is 0 Å². The number of carbonyl (C=O) groups excluding carboxylic acids is 1. The van der Waals surface area contributed by atoms with Gasteiger partial charge in [-0.2, -0.15) is 13.2 Å². The van der Waals surface area contributed by atoms with Gasteiger partial charge in [-0.3, -0.25) is 4.79 Å². The molecular weight excluding hydrogens is 313 g/mol. The van der Waals surface area contributed by atoms with E-state index in [1.807, 2.05) is 0 Å². The lowest BCUT2D eigenvalue weighted by Crippen LogP contribution is -2.19. The van der Waals surface area contributed by atoms with Crippen LogP contribution in [0.3, 0.4) is 0 Å². The summed E-state index contributed by atoms with van der Waals surface area (Å²) in [5.41, 5.74) is -0.142. The predicted molar refractivity (Wildman–Crippen MR) is 62.1 cm³/mol. The summed E-state index contributed by atoms with van der Waals surface area (Å²) in [4.78, 5) is 11.3. The van der Waals surface area contributed by atoms with E-state index in [-0.39, 0.29) is 16.7 Å². The fourth-order valence-electron chi connectivity index (χ4n) is 1.86. The zero-order chi connectivity index (χ0) is 13.3. The van der Waals surface area contributed by atoms with Gasteiger partial charge in [-0.1, -0.05) is 22.0 Å². The molecule has 0 saturated carbocycles. The number of halogens is 4. The van der Waals surface area contributed by atoms with E-state index in [0.29, 0.717) is 18.6 Å². The zero-order valence-electron chi connectivity index (χ0n) is 9.26. The standard InChI is InChI=1S/C12H10BrF3O2/c13-10-5-7(1-2-9(10)12(14,15)16)11-6-8(17)3-4-18-11/h1-2,5,11H,3-4,6H2. The fraction of sp³-hybridized carbons (Fsp3) is 0.417. The maximum Gasteiger partial charge on any atom is 0.417 e. The van der Waals surface area contributed by atoms with Crippen LogP contribution < -0.4 is 0 Å². The van der Waals surface area contributed by atoms with E-state index in [9.17, 15) is 18.0 Å². The largest absolute Gasteiger partial charge is 0.417 e. The Bertz CT molecular complexity index is 471. The fourth-order valence-corrected chi connectivity index (χ4v) is 2.48. The molecule has 0 aromatic heterocycles. The molecule has 0 spiro atoms.